The van der Waals surface area contributed by atoms with Crippen LogP contribution in [0.2, 0.25) is 5.02 Å². The molecule has 0 saturated heterocycles. The van der Waals surface area contributed by atoms with Crippen molar-refractivity contribution in [1.29, 1.82) is 0 Å². The number of halogens is 1. The molecule has 1 heterocycles. The summed E-state index contributed by atoms with van der Waals surface area (Å²) in [6.07, 6.45) is 1.65. The monoisotopic (exact) mass is 555 g/mol. The highest BCUT2D eigenvalue weighted by molar-refractivity contribution is 7.91. The lowest BCUT2D eigenvalue weighted by atomic mass is 10.1. The Kier molecular flexibility index (Phi) is 8.73. The van der Waals surface area contributed by atoms with Crippen molar-refractivity contribution in [2.75, 3.05) is 18.4 Å². The van der Waals surface area contributed by atoms with Crippen molar-refractivity contribution in [3.8, 4) is 0 Å². The molecule has 0 fully saturated rings. The van der Waals surface area contributed by atoms with Gasteiger partial charge in [0.05, 0.1) is 15.9 Å². The number of nitrogens with one attached hydrogen (secondary N) is 2. The second-order valence-corrected chi connectivity index (χ2v) is 12.1. The number of aromatic nitrogens is 1. The number of hydrogen-bond donors (Lipinski definition) is 3. The molecule has 0 bridgehead atoms. The number of aryl methyl sites for hydroxylation is 1. The zero-order valence-corrected chi connectivity index (χ0v) is 22.4. The number of carbonyl (C=O) groups excluding carboxylic acids is 1. The molecular weight excluding hydrogens is 530 g/mol. The number of aliphatic hydroxyl groups is 1. The van der Waals surface area contributed by atoms with Gasteiger partial charge in [0.25, 0.3) is 5.91 Å². The summed E-state index contributed by atoms with van der Waals surface area (Å²) < 4.78 is 26.4. The van der Waals surface area contributed by atoms with Crippen LogP contribution in [0.1, 0.15) is 32.5 Å². The Labute approximate surface area is 225 Å². The van der Waals surface area contributed by atoms with E-state index >= 15 is 0 Å². The predicted octanol–water partition coefficient (Wildman–Crippen LogP) is 5.06. The van der Waals surface area contributed by atoms with E-state index in [1.54, 1.807) is 60.8 Å². The van der Waals surface area contributed by atoms with Crippen LogP contribution in [0.15, 0.2) is 88.8 Å². The first-order valence-corrected chi connectivity index (χ1v) is 14.2. The molecular formula is C27H26ClN3O4S2. The molecule has 1 amide bonds. The van der Waals surface area contributed by atoms with Crippen LogP contribution in [0.25, 0.3) is 0 Å². The van der Waals surface area contributed by atoms with Crippen LogP contribution in [0.5, 0.6) is 0 Å². The lowest BCUT2D eigenvalue weighted by Crippen LogP contribution is -2.23. The Morgan fingerprint density at radius 1 is 1.05 bits per heavy atom. The van der Waals surface area contributed by atoms with Gasteiger partial charge in [-0.15, -0.1) is 11.3 Å². The zero-order chi connectivity index (χ0) is 26.4. The van der Waals surface area contributed by atoms with Gasteiger partial charge in [-0.1, -0.05) is 41.9 Å². The van der Waals surface area contributed by atoms with E-state index in [4.69, 9.17) is 11.6 Å². The van der Waals surface area contributed by atoms with Crippen molar-refractivity contribution >= 4 is 43.8 Å². The molecule has 0 spiro atoms. The summed E-state index contributed by atoms with van der Waals surface area (Å²) in [6, 6.07) is 19.7. The molecule has 1 atom stereocenters. The lowest BCUT2D eigenvalue weighted by Gasteiger charge is -2.13. The number of carbonyl (C=O) groups is 1. The maximum absolute atomic E-state index is 13.2. The van der Waals surface area contributed by atoms with Crippen molar-refractivity contribution < 1.29 is 18.3 Å². The van der Waals surface area contributed by atoms with Gasteiger partial charge in [0.2, 0.25) is 9.84 Å². The summed E-state index contributed by atoms with van der Waals surface area (Å²) in [4.78, 5) is 17.8. The number of benzene rings is 3. The van der Waals surface area contributed by atoms with Gasteiger partial charge in [-0.05, 0) is 73.5 Å². The minimum absolute atomic E-state index is 0.0416. The fourth-order valence-electron chi connectivity index (χ4n) is 3.66. The molecule has 3 aromatic carbocycles. The normalized spacial score (nSPS) is 12.3. The average Bonchev–Trinajstić information content (AvgIpc) is 3.31. The maximum atomic E-state index is 13.2. The van der Waals surface area contributed by atoms with Gasteiger partial charge in [0, 0.05) is 28.2 Å². The van der Waals surface area contributed by atoms with Crippen molar-refractivity contribution in [3.63, 3.8) is 0 Å². The standard InChI is InChI=1S/C27H26ClN3O4S2/c1-18-16-30-27(36-18)31-26(33)21-5-3-7-24(15-21)37(34,35)23-10-8-19(9-11-23)12-13-29-17-25(32)20-4-2-6-22(28)14-20/h2-11,14-16,25,29,32H,12-13,17H2,1H3,(H,30,31,33)/t25-/m1/s1. The van der Waals surface area contributed by atoms with E-state index in [2.05, 4.69) is 15.6 Å². The second kappa shape index (κ2) is 12.0. The Hall–Kier alpha value is -3.08. The summed E-state index contributed by atoms with van der Waals surface area (Å²) >= 11 is 7.32. The van der Waals surface area contributed by atoms with Crippen LogP contribution in [0.3, 0.4) is 0 Å². The molecule has 7 nitrogen and oxygen atoms in total. The van der Waals surface area contributed by atoms with E-state index in [9.17, 15) is 18.3 Å². The minimum atomic E-state index is -3.80. The van der Waals surface area contributed by atoms with E-state index in [0.29, 0.717) is 29.7 Å². The number of sulfone groups is 1. The number of nitrogens with zero attached hydrogens (tertiary/aromatic N) is 1. The SMILES string of the molecule is Cc1cnc(NC(=O)c2cccc(S(=O)(=O)c3ccc(CCNC[C@@H](O)c4cccc(Cl)c4)cc3)c2)s1. The first kappa shape index (κ1) is 27.0. The topological polar surface area (TPSA) is 108 Å². The van der Waals surface area contributed by atoms with Crippen molar-refractivity contribution in [3.05, 3.63) is 106 Å². The van der Waals surface area contributed by atoms with Crippen LogP contribution >= 0.6 is 22.9 Å². The molecule has 1 aromatic heterocycles. The van der Waals surface area contributed by atoms with Gasteiger partial charge in [-0.25, -0.2) is 13.4 Å². The van der Waals surface area contributed by atoms with Gasteiger partial charge in [0.15, 0.2) is 5.13 Å². The van der Waals surface area contributed by atoms with E-state index < -0.39 is 21.8 Å². The van der Waals surface area contributed by atoms with E-state index in [-0.39, 0.29) is 15.4 Å². The molecule has 10 heteroatoms. The summed E-state index contributed by atoms with van der Waals surface area (Å²) in [5.74, 6) is -0.422. The van der Waals surface area contributed by atoms with Crippen LogP contribution < -0.4 is 10.6 Å². The quantitative estimate of drug-likeness (QED) is 0.236. The number of amides is 1. The molecule has 3 N–H and O–H groups in total. The lowest BCUT2D eigenvalue weighted by molar-refractivity contribution is 0.102. The average molecular weight is 556 g/mol. The number of aliphatic hydroxyl groups excluding tert-OH is 1. The van der Waals surface area contributed by atoms with Gasteiger partial charge in [-0.3, -0.25) is 10.1 Å². The zero-order valence-electron chi connectivity index (χ0n) is 20.0. The summed E-state index contributed by atoms with van der Waals surface area (Å²) in [6.45, 7) is 2.87. The molecule has 0 unspecified atom stereocenters. The Morgan fingerprint density at radius 3 is 2.51 bits per heavy atom. The largest absolute Gasteiger partial charge is 0.387 e. The maximum Gasteiger partial charge on any atom is 0.257 e. The van der Waals surface area contributed by atoms with Gasteiger partial charge in [0.1, 0.15) is 0 Å². The van der Waals surface area contributed by atoms with E-state index in [1.807, 2.05) is 13.0 Å². The highest BCUT2D eigenvalue weighted by Gasteiger charge is 2.19. The molecule has 0 aliphatic carbocycles. The molecule has 4 aromatic rings. The summed E-state index contributed by atoms with van der Waals surface area (Å²) in [5, 5.41) is 17.2. The van der Waals surface area contributed by atoms with Gasteiger partial charge < -0.3 is 10.4 Å². The van der Waals surface area contributed by atoms with Crippen LogP contribution in [-0.4, -0.2) is 37.5 Å². The Balaban J connectivity index is 1.35. The molecule has 0 aliphatic heterocycles. The van der Waals surface area contributed by atoms with Crippen molar-refractivity contribution in [2.45, 2.75) is 29.2 Å². The third kappa shape index (κ3) is 7.03. The fraction of sp³-hybridized carbons (Fsp3) is 0.185. The van der Waals surface area contributed by atoms with Crippen LogP contribution in [0, 0.1) is 6.92 Å². The third-order valence-corrected chi connectivity index (χ3v) is 8.47. The highest BCUT2D eigenvalue weighted by atomic mass is 35.5. The number of rotatable bonds is 10. The van der Waals surface area contributed by atoms with E-state index in [0.717, 1.165) is 16.0 Å². The second-order valence-electron chi connectivity index (χ2n) is 8.43. The minimum Gasteiger partial charge on any atom is -0.387 e. The molecule has 0 saturated carbocycles. The summed E-state index contributed by atoms with van der Waals surface area (Å²) in [7, 11) is -3.80. The van der Waals surface area contributed by atoms with Gasteiger partial charge >= 0.3 is 0 Å². The van der Waals surface area contributed by atoms with E-state index in [1.165, 1.54) is 23.5 Å². The fourth-order valence-corrected chi connectivity index (χ4v) is 5.83. The highest BCUT2D eigenvalue weighted by Crippen LogP contribution is 2.24. The van der Waals surface area contributed by atoms with Crippen molar-refractivity contribution in [2.24, 2.45) is 0 Å². The molecule has 192 valence electrons. The molecule has 37 heavy (non-hydrogen) atoms. The van der Waals surface area contributed by atoms with Crippen LogP contribution in [0.4, 0.5) is 5.13 Å². The Bertz CT molecular complexity index is 1490. The molecule has 4 rings (SSSR count). The first-order valence-electron chi connectivity index (χ1n) is 11.5. The third-order valence-electron chi connectivity index (χ3n) is 5.64. The smallest absolute Gasteiger partial charge is 0.257 e. The number of hydrogen-bond acceptors (Lipinski definition) is 7. The predicted molar refractivity (Wildman–Crippen MR) is 146 cm³/mol. The van der Waals surface area contributed by atoms with Crippen molar-refractivity contribution in [1.82, 2.24) is 10.3 Å². The van der Waals surface area contributed by atoms with Crippen LogP contribution in [-0.2, 0) is 16.3 Å². The summed E-state index contributed by atoms with van der Waals surface area (Å²) in [5.41, 5.74) is 1.93. The van der Waals surface area contributed by atoms with Gasteiger partial charge in [-0.2, -0.15) is 0 Å². The number of thiazole rings is 1. The first-order chi connectivity index (χ1) is 17.7. The Morgan fingerprint density at radius 2 is 1.81 bits per heavy atom. The molecule has 0 radical (unpaired) electrons. The molecule has 0 aliphatic rings. The number of anilines is 1.